The second-order valence-corrected chi connectivity index (χ2v) is 8.70. The Hall–Kier alpha value is -2.92. The van der Waals surface area contributed by atoms with E-state index in [1.54, 1.807) is 0 Å². The number of anilines is 1. The summed E-state index contributed by atoms with van der Waals surface area (Å²) in [5.41, 5.74) is 4.60. The molecule has 0 spiro atoms. The molecular formula is C27H33N3O2. The van der Waals surface area contributed by atoms with Crippen LogP contribution in [-0.4, -0.2) is 42.8 Å². The maximum absolute atomic E-state index is 13.1. The highest BCUT2D eigenvalue weighted by Gasteiger charge is 2.44. The van der Waals surface area contributed by atoms with Crippen LogP contribution in [0.5, 0.6) is 0 Å². The molecule has 0 N–H and O–H groups in total. The summed E-state index contributed by atoms with van der Waals surface area (Å²) in [4.78, 5) is 23.1. The zero-order valence-corrected chi connectivity index (χ0v) is 19.2. The zero-order chi connectivity index (χ0) is 22.3. The van der Waals surface area contributed by atoms with Gasteiger partial charge < -0.3 is 9.74 Å². The SMILES string of the molecule is CC(C=C1C(=O)N(c2ccccc2C)C1c1ccccc1)=NOCCCN1CCCCC1. The Morgan fingerprint density at radius 1 is 1.06 bits per heavy atom. The molecule has 5 heteroatoms. The molecule has 0 saturated carbocycles. The molecule has 0 aromatic heterocycles. The van der Waals surface area contributed by atoms with Crippen LogP contribution in [0.1, 0.15) is 49.8 Å². The molecule has 168 valence electrons. The van der Waals surface area contributed by atoms with Crippen LogP contribution in [0.3, 0.4) is 0 Å². The number of para-hydroxylation sites is 1. The number of benzene rings is 2. The standard InChI is InChI=1S/C27H33N3O2/c1-21-12-7-8-15-25(21)30-26(23-13-5-3-6-14-23)24(27(30)31)20-22(2)28-32-19-11-18-29-16-9-4-10-17-29/h3,5-8,12-15,20,26H,4,9-11,16-19H2,1-2H3. The van der Waals surface area contributed by atoms with Crippen molar-refractivity contribution in [2.75, 3.05) is 31.1 Å². The lowest BCUT2D eigenvalue weighted by molar-refractivity contribution is -0.119. The molecule has 2 aliphatic heterocycles. The number of carbonyl (C=O) groups excluding carboxylic acids is 1. The first-order valence-electron chi connectivity index (χ1n) is 11.7. The van der Waals surface area contributed by atoms with Gasteiger partial charge in [-0.05, 0) is 69.5 Å². The molecule has 2 heterocycles. The van der Waals surface area contributed by atoms with Crippen molar-refractivity contribution in [2.45, 2.75) is 45.6 Å². The van der Waals surface area contributed by atoms with E-state index in [-0.39, 0.29) is 11.9 Å². The van der Waals surface area contributed by atoms with Crippen LogP contribution in [0.4, 0.5) is 5.69 Å². The highest BCUT2D eigenvalue weighted by Crippen LogP contribution is 2.44. The Morgan fingerprint density at radius 2 is 1.78 bits per heavy atom. The summed E-state index contributed by atoms with van der Waals surface area (Å²) < 4.78 is 0. The monoisotopic (exact) mass is 431 g/mol. The quantitative estimate of drug-likeness (QED) is 0.188. The van der Waals surface area contributed by atoms with Gasteiger partial charge in [0.2, 0.25) is 0 Å². The van der Waals surface area contributed by atoms with Crippen LogP contribution in [0.2, 0.25) is 0 Å². The fraction of sp³-hybridized carbons (Fsp3) is 0.407. The third-order valence-corrected chi connectivity index (χ3v) is 6.24. The van der Waals surface area contributed by atoms with Crippen molar-refractivity contribution in [3.8, 4) is 0 Å². The number of oxime groups is 1. The lowest BCUT2D eigenvalue weighted by Crippen LogP contribution is -2.49. The van der Waals surface area contributed by atoms with E-state index in [9.17, 15) is 4.79 Å². The summed E-state index contributed by atoms with van der Waals surface area (Å²) in [6.45, 7) is 8.00. The van der Waals surface area contributed by atoms with E-state index in [1.165, 1.54) is 32.4 Å². The average molecular weight is 432 g/mol. The second-order valence-electron chi connectivity index (χ2n) is 8.70. The molecule has 0 aliphatic carbocycles. The largest absolute Gasteiger partial charge is 0.396 e. The van der Waals surface area contributed by atoms with Gasteiger partial charge in [-0.1, -0.05) is 60.1 Å². The molecule has 2 aromatic carbocycles. The zero-order valence-electron chi connectivity index (χ0n) is 19.2. The predicted octanol–water partition coefficient (Wildman–Crippen LogP) is 5.28. The van der Waals surface area contributed by atoms with Gasteiger partial charge in [0.1, 0.15) is 6.61 Å². The van der Waals surface area contributed by atoms with Gasteiger partial charge in [-0.25, -0.2) is 0 Å². The first-order chi connectivity index (χ1) is 15.6. The molecule has 1 unspecified atom stereocenters. The van der Waals surface area contributed by atoms with Gasteiger partial charge in [0, 0.05) is 17.8 Å². The molecule has 4 rings (SSSR count). The number of piperidine rings is 1. The number of nitrogens with zero attached hydrogens (tertiary/aromatic N) is 3. The minimum Gasteiger partial charge on any atom is -0.396 e. The number of allylic oxidation sites excluding steroid dienone is 1. The minimum atomic E-state index is -0.117. The maximum Gasteiger partial charge on any atom is 0.257 e. The molecule has 1 amide bonds. The fourth-order valence-electron chi connectivity index (χ4n) is 4.57. The Balaban J connectivity index is 1.43. The number of likely N-dealkylation sites (tertiary alicyclic amines) is 1. The van der Waals surface area contributed by atoms with Gasteiger partial charge in [-0.15, -0.1) is 0 Å². The van der Waals surface area contributed by atoms with Gasteiger partial charge in [0.25, 0.3) is 5.91 Å². The minimum absolute atomic E-state index is 0.0211. The molecule has 5 nitrogen and oxygen atoms in total. The van der Waals surface area contributed by atoms with Crippen molar-refractivity contribution >= 4 is 17.3 Å². The van der Waals surface area contributed by atoms with Gasteiger partial charge >= 0.3 is 0 Å². The summed E-state index contributed by atoms with van der Waals surface area (Å²) in [7, 11) is 0. The summed E-state index contributed by atoms with van der Waals surface area (Å²) in [6.07, 6.45) is 6.82. The molecule has 0 radical (unpaired) electrons. The molecule has 2 saturated heterocycles. The molecule has 32 heavy (non-hydrogen) atoms. The van der Waals surface area contributed by atoms with E-state index in [4.69, 9.17) is 4.84 Å². The highest BCUT2D eigenvalue weighted by molar-refractivity contribution is 6.18. The van der Waals surface area contributed by atoms with Crippen LogP contribution in [0.15, 0.2) is 71.4 Å². The van der Waals surface area contributed by atoms with Gasteiger partial charge in [0.05, 0.1) is 11.8 Å². The third kappa shape index (κ3) is 5.10. The number of carbonyl (C=O) groups is 1. The number of amides is 1. The molecule has 2 aliphatic rings. The number of aryl methyl sites for hydroxylation is 1. The molecule has 0 bridgehead atoms. The number of rotatable bonds is 8. The van der Waals surface area contributed by atoms with E-state index in [2.05, 4.69) is 22.2 Å². The van der Waals surface area contributed by atoms with Crippen LogP contribution in [0, 0.1) is 6.92 Å². The lowest BCUT2D eigenvalue weighted by Gasteiger charge is -2.43. The van der Waals surface area contributed by atoms with Crippen molar-refractivity contribution in [3.05, 3.63) is 77.4 Å². The molecular weight excluding hydrogens is 398 g/mol. The molecule has 2 fully saturated rings. The predicted molar refractivity (Wildman–Crippen MR) is 130 cm³/mol. The van der Waals surface area contributed by atoms with Crippen LogP contribution in [-0.2, 0) is 9.63 Å². The second kappa shape index (κ2) is 10.6. The Bertz CT molecular complexity index is 977. The smallest absolute Gasteiger partial charge is 0.257 e. The van der Waals surface area contributed by atoms with Crippen LogP contribution in [0.25, 0.3) is 0 Å². The first-order valence-corrected chi connectivity index (χ1v) is 11.7. The number of hydrogen-bond donors (Lipinski definition) is 0. The van der Waals surface area contributed by atoms with Crippen LogP contribution >= 0.6 is 0 Å². The maximum atomic E-state index is 13.1. The van der Waals surface area contributed by atoms with Gasteiger partial charge in [-0.3, -0.25) is 9.69 Å². The van der Waals surface area contributed by atoms with Crippen molar-refractivity contribution in [1.29, 1.82) is 0 Å². The normalized spacial score (nSPS) is 21.0. The Labute approximate surface area is 191 Å². The van der Waals surface area contributed by atoms with Crippen molar-refractivity contribution in [3.63, 3.8) is 0 Å². The highest BCUT2D eigenvalue weighted by atomic mass is 16.6. The van der Waals surface area contributed by atoms with Crippen LogP contribution < -0.4 is 4.90 Å². The van der Waals surface area contributed by atoms with Gasteiger partial charge in [0.15, 0.2) is 0 Å². The first kappa shape index (κ1) is 22.3. The van der Waals surface area contributed by atoms with E-state index < -0.39 is 0 Å². The number of hydrogen-bond acceptors (Lipinski definition) is 4. The average Bonchev–Trinajstić information content (AvgIpc) is 2.82. The van der Waals surface area contributed by atoms with E-state index >= 15 is 0 Å². The molecule has 2 aromatic rings. The topological polar surface area (TPSA) is 45.1 Å². The Kier molecular flexibility index (Phi) is 7.38. The van der Waals surface area contributed by atoms with E-state index in [0.29, 0.717) is 6.61 Å². The fourth-order valence-corrected chi connectivity index (χ4v) is 4.57. The van der Waals surface area contributed by atoms with Gasteiger partial charge in [-0.2, -0.15) is 0 Å². The molecule has 1 atom stereocenters. The summed E-state index contributed by atoms with van der Waals surface area (Å²) >= 11 is 0. The van der Waals surface area contributed by atoms with E-state index in [1.807, 2.05) is 67.3 Å². The van der Waals surface area contributed by atoms with Crippen molar-refractivity contribution in [1.82, 2.24) is 4.90 Å². The van der Waals surface area contributed by atoms with Crippen molar-refractivity contribution in [2.24, 2.45) is 5.16 Å². The third-order valence-electron chi connectivity index (χ3n) is 6.24. The Morgan fingerprint density at radius 3 is 2.53 bits per heavy atom. The summed E-state index contributed by atoms with van der Waals surface area (Å²) in [5, 5.41) is 4.26. The summed E-state index contributed by atoms with van der Waals surface area (Å²) in [5.74, 6) is 0.0211. The number of β-lactam (4-membered cyclic amide) rings is 1. The van der Waals surface area contributed by atoms with E-state index in [0.717, 1.165) is 41.1 Å². The lowest BCUT2D eigenvalue weighted by atomic mass is 9.86. The van der Waals surface area contributed by atoms with Crippen molar-refractivity contribution < 1.29 is 9.63 Å². The summed E-state index contributed by atoms with van der Waals surface area (Å²) in [6, 6.07) is 18.1.